The van der Waals surface area contributed by atoms with Crippen LogP contribution in [-0.2, 0) is 16.0 Å². The van der Waals surface area contributed by atoms with Gasteiger partial charge in [-0.1, -0.05) is 0 Å². The highest BCUT2D eigenvalue weighted by atomic mass is 79.9. The van der Waals surface area contributed by atoms with Crippen LogP contribution in [0.25, 0.3) is 10.9 Å². The number of hydrogen-bond donors (Lipinski definition) is 1. The largest absolute Gasteiger partial charge is 0.496 e. The topological polar surface area (TPSA) is 73.2 Å². The summed E-state index contributed by atoms with van der Waals surface area (Å²) in [6.07, 6.45) is -0.566. The molecular weight excluding hydrogens is 428 g/mol. The molecule has 1 saturated heterocycles. The number of β-amino-alcohol motifs (C(OH)–C–C–N with tert-alkyl or cyclic N) is 1. The van der Waals surface area contributed by atoms with Crippen LogP contribution in [-0.4, -0.2) is 73.2 Å². The maximum Gasteiger partial charge on any atom is 0.340 e. The van der Waals surface area contributed by atoms with Crippen LogP contribution in [0.3, 0.4) is 0 Å². The molecule has 154 valence electrons. The third-order valence-corrected chi connectivity index (χ3v) is 5.66. The summed E-state index contributed by atoms with van der Waals surface area (Å²) < 4.78 is 18.8. The molecule has 1 N–H and O–H groups in total. The van der Waals surface area contributed by atoms with Crippen molar-refractivity contribution in [2.24, 2.45) is 0 Å². The number of ether oxygens (including phenoxy) is 3. The Morgan fingerprint density at radius 3 is 2.68 bits per heavy atom. The van der Waals surface area contributed by atoms with E-state index >= 15 is 0 Å². The van der Waals surface area contributed by atoms with E-state index in [2.05, 4.69) is 20.8 Å². The number of morpholine rings is 1. The molecule has 2 heterocycles. The number of esters is 1. The minimum absolute atomic E-state index is 0.304. The second-order valence-electron chi connectivity index (χ2n) is 6.86. The van der Waals surface area contributed by atoms with E-state index in [1.807, 2.05) is 23.6 Å². The molecule has 1 aliphatic rings. The highest BCUT2D eigenvalue weighted by molar-refractivity contribution is 9.10. The maximum atomic E-state index is 12.6. The molecule has 2 aromatic rings. The van der Waals surface area contributed by atoms with Crippen LogP contribution in [0.2, 0.25) is 0 Å². The first kappa shape index (κ1) is 21.1. The summed E-state index contributed by atoms with van der Waals surface area (Å²) in [6, 6.07) is 3.76. The minimum atomic E-state index is -0.566. The Morgan fingerprint density at radius 1 is 1.32 bits per heavy atom. The van der Waals surface area contributed by atoms with Gasteiger partial charge in [0.2, 0.25) is 0 Å². The summed E-state index contributed by atoms with van der Waals surface area (Å²) >= 11 is 3.52. The van der Waals surface area contributed by atoms with Gasteiger partial charge in [0.05, 0.1) is 55.1 Å². The molecule has 1 atom stereocenters. The molecule has 0 spiro atoms. The van der Waals surface area contributed by atoms with E-state index in [4.69, 9.17) is 14.2 Å². The van der Waals surface area contributed by atoms with Gasteiger partial charge in [-0.15, -0.1) is 0 Å². The van der Waals surface area contributed by atoms with E-state index in [9.17, 15) is 9.90 Å². The predicted octanol–water partition coefficient (Wildman–Crippen LogP) is 2.59. The quantitative estimate of drug-likeness (QED) is 0.648. The van der Waals surface area contributed by atoms with E-state index < -0.39 is 6.10 Å². The fraction of sp³-hybridized carbons (Fsp3) is 0.550. The lowest BCUT2D eigenvalue weighted by Crippen LogP contribution is -2.42. The number of fused-ring (bicyclic) bond motifs is 1. The molecule has 1 aliphatic heterocycles. The third kappa shape index (κ3) is 4.35. The Hall–Kier alpha value is -1.61. The molecule has 1 fully saturated rings. The van der Waals surface area contributed by atoms with Crippen molar-refractivity contribution in [1.82, 2.24) is 9.47 Å². The van der Waals surface area contributed by atoms with Crippen LogP contribution >= 0.6 is 15.9 Å². The summed E-state index contributed by atoms with van der Waals surface area (Å²) in [5.41, 5.74) is 2.14. The average Bonchev–Trinajstić information content (AvgIpc) is 2.93. The summed E-state index contributed by atoms with van der Waals surface area (Å²) in [4.78, 5) is 14.8. The van der Waals surface area contributed by atoms with Crippen LogP contribution in [0.1, 0.15) is 23.0 Å². The summed E-state index contributed by atoms with van der Waals surface area (Å²) in [7, 11) is 1.59. The molecule has 1 aromatic heterocycles. The number of halogens is 1. The van der Waals surface area contributed by atoms with Gasteiger partial charge in [0.1, 0.15) is 5.75 Å². The van der Waals surface area contributed by atoms with Crippen molar-refractivity contribution in [3.05, 3.63) is 27.9 Å². The lowest BCUT2D eigenvalue weighted by molar-refractivity contribution is 0.0116. The maximum absolute atomic E-state index is 12.6. The van der Waals surface area contributed by atoms with E-state index in [0.717, 1.165) is 34.2 Å². The highest BCUT2D eigenvalue weighted by Gasteiger charge is 2.24. The molecule has 0 unspecified atom stereocenters. The Bertz CT molecular complexity index is 845. The Balaban J connectivity index is 1.97. The number of carbonyl (C=O) groups excluding carboxylic acids is 1. The van der Waals surface area contributed by atoms with Crippen molar-refractivity contribution >= 4 is 32.8 Å². The van der Waals surface area contributed by atoms with Gasteiger partial charge in [-0.3, -0.25) is 4.90 Å². The van der Waals surface area contributed by atoms with Crippen LogP contribution in [0.15, 0.2) is 16.6 Å². The van der Waals surface area contributed by atoms with Gasteiger partial charge < -0.3 is 23.9 Å². The van der Waals surface area contributed by atoms with Crippen molar-refractivity contribution in [2.45, 2.75) is 26.5 Å². The zero-order valence-corrected chi connectivity index (χ0v) is 18.1. The van der Waals surface area contributed by atoms with Crippen molar-refractivity contribution in [2.75, 3.05) is 46.6 Å². The van der Waals surface area contributed by atoms with E-state index in [-0.39, 0.29) is 5.97 Å². The Kier molecular flexibility index (Phi) is 6.98. The molecule has 3 rings (SSSR count). The van der Waals surface area contributed by atoms with Gasteiger partial charge in [0.15, 0.2) is 0 Å². The molecule has 1 aromatic carbocycles. The van der Waals surface area contributed by atoms with Crippen molar-refractivity contribution in [3.63, 3.8) is 0 Å². The Morgan fingerprint density at radius 2 is 2.04 bits per heavy atom. The SMILES string of the molecule is CCOC(=O)c1c(C)n(C[C@@H](O)CN2CCOCC2)c2cc(Br)c(OC)cc12. The number of aliphatic hydroxyl groups excluding tert-OH is 1. The molecule has 8 heteroatoms. The number of hydrogen-bond acceptors (Lipinski definition) is 6. The standard InChI is InChI=1S/C20H27BrN2O5/c1-4-28-20(25)19-13(2)23(12-14(24)11-22-5-7-27-8-6-22)17-10-16(21)18(26-3)9-15(17)19/h9-10,14,24H,4-8,11-12H2,1-3H3/t14-/m0/s1. The van der Waals surface area contributed by atoms with Gasteiger partial charge in [-0.05, 0) is 41.9 Å². The predicted molar refractivity (Wildman–Crippen MR) is 110 cm³/mol. The van der Waals surface area contributed by atoms with Crippen LogP contribution in [0.4, 0.5) is 0 Å². The van der Waals surface area contributed by atoms with Crippen LogP contribution in [0, 0.1) is 6.92 Å². The molecule has 0 saturated carbocycles. The van der Waals surface area contributed by atoms with Crippen molar-refractivity contribution in [3.8, 4) is 5.75 Å². The number of rotatable bonds is 7. The summed E-state index contributed by atoms with van der Waals surface area (Å²) in [5, 5.41) is 11.5. The molecule has 28 heavy (non-hydrogen) atoms. The number of carbonyl (C=O) groups is 1. The van der Waals surface area contributed by atoms with Crippen LogP contribution < -0.4 is 4.74 Å². The Labute approximate surface area is 173 Å². The van der Waals surface area contributed by atoms with Crippen molar-refractivity contribution < 1.29 is 24.1 Å². The second kappa shape index (κ2) is 9.26. The summed E-state index contributed by atoms with van der Waals surface area (Å²) in [6.45, 7) is 7.95. The zero-order chi connectivity index (χ0) is 20.3. The van der Waals surface area contributed by atoms with Gasteiger partial charge in [-0.25, -0.2) is 4.79 Å². The first-order valence-electron chi connectivity index (χ1n) is 9.47. The number of methoxy groups -OCH3 is 1. The normalized spacial score (nSPS) is 16.3. The fourth-order valence-electron chi connectivity index (χ4n) is 3.68. The lowest BCUT2D eigenvalue weighted by Gasteiger charge is -2.29. The fourth-order valence-corrected chi connectivity index (χ4v) is 4.17. The highest BCUT2D eigenvalue weighted by Crippen LogP contribution is 2.35. The lowest BCUT2D eigenvalue weighted by atomic mass is 10.1. The number of benzene rings is 1. The second-order valence-corrected chi connectivity index (χ2v) is 7.72. The zero-order valence-electron chi connectivity index (χ0n) is 16.5. The molecule has 0 bridgehead atoms. The van der Waals surface area contributed by atoms with Gasteiger partial charge >= 0.3 is 5.97 Å². The minimum Gasteiger partial charge on any atom is -0.496 e. The molecular formula is C20H27BrN2O5. The van der Waals surface area contributed by atoms with Crippen molar-refractivity contribution in [1.29, 1.82) is 0 Å². The monoisotopic (exact) mass is 454 g/mol. The number of nitrogens with zero attached hydrogens (tertiary/aromatic N) is 2. The average molecular weight is 455 g/mol. The molecule has 0 amide bonds. The van der Waals surface area contributed by atoms with Crippen LogP contribution in [0.5, 0.6) is 5.75 Å². The van der Waals surface area contributed by atoms with E-state index in [0.29, 0.717) is 44.2 Å². The number of aromatic nitrogens is 1. The first-order chi connectivity index (χ1) is 13.5. The van der Waals surface area contributed by atoms with E-state index in [1.54, 1.807) is 14.0 Å². The first-order valence-corrected chi connectivity index (χ1v) is 10.3. The smallest absolute Gasteiger partial charge is 0.340 e. The van der Waals surface area contributed by atoms with E-state index in [1.165, 1.54) is 0 Å². The van der Waals surface area contributed by atoms with Gasteiger partial charge in [0, 0.05) is 30.7 Å². The van der Waals surface area contributed by atoms with Gasteiger partial charge in [-0.2, -0.15) is 0 Å². The molecule has 7 nitrogen and oxygen atoms in total. The van der Waals surface area contributed by atoms with Gasteiger partial charge in [0.25, 0.3) is 0 Å². The molecule has 0 aliphatic carbocycles. The number of aliphatic hydroxyl groups is 1. The summed E-state index contributed by atoms with van der Waals surface area (Å²) in [5.74, 6) is 0.278. The third-order valence-electron chi connectivity index (χ3n) is 5.04. The molecule has 0 radical (unpaired) electrons.